The van der Waals surface area contributed by atoms with Gasteiger partial charge in [-0.15, -0.1) is 10.2 Å². The summed E-state index contributed by atoms with van der Waals surface area (Å²) in [7, 11) is 0. The number of rotatable bonds is 3. The molecule has 0 aliphatic rings. The minimum atomic E-state index is -0.147. The van der Waals surface area contributed by atoms with Crippen LogP contribution in [0.5, 0.6) is 0 Å². The van der Waals surface area contributed by atoms with Crippen molar-refractivity contribution < 1.29 is 0 Å². The summed E-state index contributed by atoms with van der Waals surface area (Å²) in [5.74, 6) is 0.468. The monoisotopic (exact) mass is 338 g/mol. The Balaban J connectivity index is 1.66. The normalized spacial score (nSPS) is 11.0. The van der Waals surface area contributed by atoms with Crippen LogP contribution in [0.1, 0.15) is 5.69 Å². The van der Waals surface area contributed by atoms with E-state index in [0.717, 1.165) is 5.56 Å². The van der Waals surface area contributed by atoms with Gasteiger partial charge in [0.05, 0.1) is 5.69 Å². The van der Waals surface area contributed by atoms with Gasteiger partial charge in [0.25, 0.3) is 5.56 Å². The van der Waals surface area contributed by atoms with Crippen LogP contribution < -0.4 is 5.56 Å². The SMILES string of the molecule is O=c1cc(Cn2nnc(-c3cccc(Cl)c3)n2)nc2ccccn12. The second-order valence-corrected chi connectivity index (χ2v) is 5.60. The van der Waals surface area contributed by atoms with E-state index in [2.05, 4.69) is 20.4 Å². The Labute approximate surface area is 141 Å². The third-order valence-corrected chi connectivity index (χ3v) is 3.70. The summed E-state index contributed by atoms with van der Waals surface area (Å²) in [4.78, 5) is 17.9. The fourth-order valence-electron chi connectivity index (χ4n) is 2.38. The zero-order valence-corrected chi connectivity index (χ0v) is 13.1. The lowest BCUT2D eigenvalue weighted by Gasteiger charge is -2.02. The Morgan fingerprint density at radius 3 is 2.88 bits per heavy atom. The summed E-state index contributed by atoms with van der Waals surface area (Å²) in [5, 5.41) is 12.9. The van der Waals surface area contributed by atoms with Crippen LogP contribution in [0.25, 0.3) is 17.0 Å². The Morgan fingerprint density at radius 2 is 2.00 bits per heavy atom. The number of tetrazole rings is 1. The predicted octanol–water partition coefficient (Wildman–Crippen LogP) is 2.05. The zero-order chi connectivity index (χ0) is 16.5. The highest BCUT2D eigenvalue weighted by Gasteiger charge is 2.08. The summed E-state index contributed by atoms with van der Waals surface area (Å²) in [6, 6.07) is 14.1. The second-order valence-electron chi connectivity index (χ2n) is 5.17. The van der Waals surface area contributed by atoms with Gasteiger partial charge in [-0.2, -0.15) is 4.80 Å². The van der Waals surface area contributed by atoms with E-state index < -0.39 is 0 Å². The van der Waals surface area contributed by atoms with Gasteiger partial charge in [-0.25, -0.2) is 4.98 Å². The molecule has 0 aliphatic heterocycles. The standard InChI is InChI=1S/C16H11ClN6O/c17-12-5-3-4-11(8-12)16-19-21-23(20-16)10-13-9-15(24)22-7-2-1-6-14(22)18-13/h1-9H,10H2. The highest BCUT2D eigenvalue weighted by Crippen LogP contribution is 2.18. The molecule has 8 heteroatoms. The third-order valence-electron chi connectivity index (χ3n) is 3.46. The minimum Gasteiger partial charge on any atom is -0.269 e. The molecule has 0 atom stereocenters. The molecule has 4 rings (SSSR count). The smallest absolute Gasteiger partial charge is 0.258 e. The molecule has 0 aliphatic carbocycles. The van der Waals surface area contributed by atoms with Crippen molar-refractivity contribution in [1.82, 2.24) is 29.6 Å². The molecule has 0 fully saturated rings. The lowest BCUT2D eigenvalue weighted by molar-refractivity contribution is 0.564. The van der Waals surface area contributed by atoms with E-state index in [0.29, 0.717) is 22.2 Å². The van der Waals surface area contributed by atoms with Gasteiger partial charge in [0.2, 0.25) is 5.82 Å². The average molecular weight is 339 g/mol. The summed E-state index contributed by atoms with van der Waals surface area (Å²) in [6.07, 6.45) is 1.68. The maximum Gasteiger partial charge on any atom is 0.258 e. The van der Waals surface area contributed by atoms with Crippen molar-refractivity contribution in [3.63, 3.8) is 0 Å². The fourth-order valence-corrected chi connectivity index (χ4v) is 2.57. The maximum absolute atomic E-state index is 12.1. The van der Waals surface area contributed by atoms with Crippen LogP contribution in [-0.4, -0.2) is 29.6 Å². The van der Waals surface area contributed by atoms with Gasteiger partial charge in [0.15, 0.2) is 0 Å². The van der Waals surface area contributed by atoms with Gasteiger partial charge < -0.3 is 0 Å². The Hall–Kier alpha value is -3.06. The van der Waals surface area contributed by atoms with Crippen molar-refractivity contribution in [1.29, 1.82) is 0 Å². The van der Waals surface area contributed by atoms with E-state index in [9.17, 15) is 4.79 Å². The van der Waals surface area contributed by atoms with Crippen molar-refractivity contribution >= 4 is 17.2 Å². The predicted molar refractivity (Wildman–Crippen MR) is 88.8 cm³/mol. The van der Waals surface area contributed by atoms with E-state index in [1.807, 2.05) is 18.2 Å². The topological polar surface area (TPSA) is 78.0 Å². The first-order valence-electron chi connectivity index (χ1n) is 7.20. The van der Waals surface area contributed by atoms with Crippen LogP contribution in [-0.2, 0) is 6.54 Å². The van der Waals surface area contributed by atoms with Gasteiger partial charge in [0.1, 0.15) is 12.2 Å². The highest BCUT2D eigenvalue weighted by atomic mass is 35.5. The molecule has 0 saturated heterocycles. The van der Waals surface area contributed by atoms with Crippen molar-refractivity contribution in [2.75, 3.05) is 0 Å². The summed E-state index contributed by atoms with van der Waals surface area (Å²) >= 11 is 5.97. The van der Waals surface area contributed by atoms with E-state index in [4.69, 9.17) is 11.6 Å². The molecule has 0 saturated carbocycles. The second kappa shape index (κ2) is 5.86. The first-order valence-corrected chi connectivity index (χ1v) is 7.58. The molecule has 0 amide bonds. The van der Waals surface area contributed by atoms with Crippen LogP contribution in [0, 0.1) is 0 Å². The Kier molecular flexibility index (Phi) is 3.55. The molecule has 0 radical (unpaired) electrons. The molecule has 3 aromatic heterocycles. The van der Waals surface area contributed by atoms with Crippen molar-refractivity contribution in [3.8, 4) is 11.4 Å². The molecular formula is C16H11ClN6O. The first-order chi connectivity index (χ1) is 11.7. The van der Waals surface area contributed by atoms with E-state index >= 15 is 0 Å². The molecule has 0 spiro atoms. The molecule has 0 N–H and O–H groups in total. The van der Waals surface area contributed by atoms with Crippen LogP contribution in [0.15, 0.2) is 59.5 Å². The van der Waals surface area contributed by atoms with Crippen LogP contribution in [0.4, 0.5) is 0 Å². The quantitative estimate of drug-likeness (QED) is 0.571. The Bertz CT molecular complexity index is 1090. The average Bonchev–Trinajstić information content (AvgIpc) is 3.03. The molecule has 0 bridgehead atoms. The van der Waals surface area contributed by atoms with Crippen LogP contribution in [0.3, 0.4) is 0 Å². The van der Waals surface area contributed by atoms with Crippen molar-refractivity contribution in [2.24, 2.45) is 0 Å². The summed E-state index contributed by atoms with van der Waals surface area (Å²) < 4.78 is 1.48. The van der Waals surface area contributed by atoms with Crippen LogP contribution >= 0.6 is 11.6 Å². The lowest BCUT2D eigenvalue weighted by atomic mass is 10.2. The largest absolute Gasteiger partial charge is 0.269 e. The number of hydrogen-bond acceptors (Lipinski definition) is 5. The number of fused-ring (bicyclic) bond motifs is 1. The Morgan fingerprint density at radius 1 is 1.08 bits per heavy atom. The summed E-state index contributed by atoms with van der Waals surface area (Å²) in [5.41, 5.74) is 1.78. The molecule has 0 unspecified atom stereocenters. The molecule has 7 nitrogen and oxygen atoms in total. The molecule has 4 aromatic rings. The van der Waals surface area contributed by atoms with E-state index in [1.165, 1.54) is 15.3 Å². The number of aromatic nitrogens is 6. The zero-order valence-electron chi connectivity index (χ0n) is 12.4. The fraction of sp³-hybridized carbons (Fsp3) is 0.0625. The number of benzene rings is 1. The molecular weight excluding hydrogens is 328 g/mol. The van der Waals surface area contributed by atoms with Crippen molar-refractivity contribution in [2.45, 2.75) is 6.54 Å². The first kappa shape index (κ1) is 14.5. The molecule has 3 heterocycles. The molecule has 118 valence electrons. The van der Waals surface area contributed by atoms with Crippen molar-refractivity contribution in [3.05, 3.63) is 75.8 Å². The van der Waals surface area contributed by atoms with Gasteiger partial charge >= 0.3 is 0 Å². The van der Waals surface area contributed by atoms with Gasteiger partial charge in [-0.05, 0) is 29.5 Å². The van der Waals surface area contributed by atoms with Gasteiger partial charge in [-0.3, -0.25) is 9.20 Å². The van der Waals surface area contributed by atoms with Crippen LogP contribution in [0.2, 0.25) is 5.02 Å². The summed E-state index contributed by atoms with van der Waals surface area (Å²) in [6.45, 7) is 0.258. The molecule has 24 heavy (non-hydrogen) atoms. The van der Waals surface area contributed by atoms with E-state index in [1.54, 1.807) is 30.5 Å². The lowest BCUT2D eigenvalue weighted by Crippen LogP contribution is -2.17. The highest BCUT2D eigenvalue weighted by molar-refractivity contribution is 6.30. The minimum absolute atomic E-state index is 0.147. The number of hydrogen-bond donors (Lipinski definition) is 0. The molecule has 1 aromatic carbocycles. The third kappa shape index (κ3) is 2.77. The number of halogens is 1. The van der Waals surface area contributed by atoms with Gasteiger partial charge in [0, 0.05) is 22.8 Å². The van der Waals surface area contributed by atoms with Gasteiger partial charge in [-0.1, -0.05) is 29.8 Å². The number of pyridine rings is 1. The van der Waals surface area contributed by atoms with E-state index in [-0.39, 0.29) is 12.1 Å². The maximum atomic E-state index is 12.1. The number of nitrogens with zero attached hydrogens (tertiary/aromatic N) is 6.